The smallest absolute Gasteiger partial charge is 0.329 e. The first kappa shape index (κ1) is 18.3. The molecule has 25 heavy (non-hydrogen) atoms. The summed E-state index contributed by atoms with van der Waals surface area (Å²) in [7, 11) is 0. The molecular formula is C20H27NO3S. The molecule has 0 bridgehead atoms. The monoisotopic (exact) mass is 361 g/mol. The van der Waals surface area contributed by atoms with Gasteiger partial charge in [0.2, 0.25) is 5.91 Å². The van der Waals surface area contributed by atoms with E-state index in [2.05, 4.69) is 0 Å². The van der Waals surface area contributed by atoms with Crippen LogP contribution in [-0.4, -0.2) is 40.6 Å². The molecule has 1 aliphatic heterocycles. The van der Waals surface area contributed by atoms with E-state index in [4.69, 9.17) is 4.74 Å². The second kappa shape index (κ2) is 8.75. The van der Waals surface area contributed by atoms with Crippen molar-refractivity contribution >= 4 is 23.6 Å². The lowest BCUT2D eigenvalue weighted by molar-refractivity contribution is -0.154. The van der Waals surface area contributed by atoms with E-state index < -0.39 is 6.04 Å². The number of carbonyl (C=O) groups is 2. The summed E-state index contributed by atoms with van der Waals surface area (Å²) in [5.41, 5.74) is 0.995. The normalized spacial score (nSPS) is 24.3. The summed E-state index contributed by atoms with van der Waals surface area (Å²) in [5.74, 6) is 0.943. The molecule has 0 aromatic heterocycles. The van der Waals surface area contributed by atoms with E-state index >= 15 is 0 Å². The molecule has 1 amide bonds. The molecule has 1 heterocycles. The highest BCUT2D eigenvalue weighted by Crippen LogP contribution is 2.41. The van der Waals surface area contributed by atoms with E-state index in [0.717, 1.165) is 18.4 Å². The second-order valence-electron chi connectivity index (χ2n) is 6.85. The number of esters is 1. The van der Waals surface area contributed by atoms with Crippen molar-refractivity contribution in [2.75, 3.05) is 12.4 Å². The fraction of sp³-hybridized carbons (Fsp3) is 0.600. The largest absolute Gasteiger partial charge is 0.464 e. The van der Waals surface area contributed by atoms with Crippen molar-refractivity contribution in [2.45, 2.75) is 56.9 Å². The van der Waals surface area contributed by atoms with Crippen LogP contribution in [0.3, 0.4) is 0 Å². The SMILES string of the molecule is CCOC(=O)[C@@H]1CS[C@H](C2CCCCC2)N1C(=O)Cc1ccccc1. The zero-order valence-electron chi connectivity index (χ0n) is 14.9. The Kier molecular flexibility index (Phi) is 6.40. The maximum atomic E-state index is 13.1. The third kappa shape index (κ3) is 4.38. The molecule has 136 valence electrons. The van der Waals surface area contributed by atoms with Gasteiger partial charge in [-0.3, -0.25) is 4.79 Å². The number of hydrogen-bond donors (Lipinski definition) is 0. The van der Waals surface area contributed by atoms with Crippen molar-refractivity contribution in [1.29, 1.82) is 0 Å². The number of benzene rings is 1. The number of nitrogens with zero attached hydrogens (tertiary/aromatic N) is 1. The van der Waals surface area contributed by atoms with Gasteiger partial charge in [0.15, 0.2) is 0 Å². The number of ether oxygens (including phenoxy) is 1. The Morgan fingerprint density at radius 2 is 1.88 bits per heavy atom. The summed E-state index contributed by atoms with van der Waals surface area (Å²) in [6, 6.07) is 9.34. The van der Waals surface area contributed by atoms with Crippen LogP contribution in [0.1, 0.15) is 44.6 Å². The molecule has 2 aliphatic rings. The van der Waals surface area contributed by atoms with E-state index in [1.165, 1.54) is 19.3 Å². The minimum Gasteiger partial charge on any atom is -0.464 e. The molecular weight excluding hydrogens is 334 g/mol. The summed E-state index contributed by atoms with van der Waals surface area (Å²) in [6.07, 6.45) is 6.40. The fourth-order valence-electron chi connectivity index (χ4n) is 3.91. The average molecular weight is 362 g/mol. The van der Waals surface area contributed by atoms with E-state index in [-0.39, 0.29) is 17.3 Å². The Morgan fingerprint density at radius 3 is 2.56 bits per heavy atom. The van der Waals surface area contributed by atoms with Gasteiger partial charge < -0.3 is 9.64 Å². The maximum Gasteiger partial charge on any atom is 0.329 e. The predicted octanol–water partition coefficient (Wildman–Crippen LogP) is 3.64. The van der Waals surface area contributed by atoms with Gasteiger partial charge in [0.25, 0.3) is 0 Å². The van der Waals surface area contributed by atoms with E-state index in [1.54, 1.807) is 11.8 Å². The van der Waals surface area contributed by atoms with Crippen molar-refractivity contribution in [3.05, 3.63) is 35.9 Å². The Labute approximate surface area is 154 Å². The quantitative estimate of drug-likeness (QED) is 0.751. The Morgan fingerprint density at radius 1 is 1.16 bits per heavy atom. The molecule has 0 unspecified atom stereocenters. The van der Waals surface area contributed by atoms with Gasteiger partial charge in [-0.1, -0.05) is 49.6 Å². The van der Waals surface area contributed by atoms with Crippen LogP contribution < -0.4 is 0 Å². The minimum absolute atomic E-state index is 0.0461. The van der Waals surface area contributed by atoms with Crippen molar-refractivity contribution in [1.82, 2.24) is 4.90 Å². The number of rotatable bonds is 5. The third-order valence-corrected chi connectivity index (χ3v) is 6.59. The predicted molar refractivity (Wildman–Crippen MR) is 100 cm³/mol. The Bertz CT molecular complexity index is 586. The number of carbonyl (C=O) groups excluding carboxylic acids is 2. The molecule has 1 saturated carbocycles. The van der Waals surface area contributed by atoms with E-state index in [0.29, 0.717) is 24.7 Å². The zero-order chi connectivity index (χ0) is 17.6. The second-order valence-corrected chi connectivity index (χ2v) is 8.00. The highest BCUT2D eigenvalue weighted by Gasteiger charge is 2.45. The van der Waals surface area contributed by atoms with Gasteiger partial charge in [-0.15, -0.1) is 11.8 Å². The lowest BCUT2D eigenvalue weighted by Crippen LogP contribution is -2.49. The van der Waals surface area contributed by atoms with Crippen LogP contribution in [0.25, 0.3) is 0 Å². The van der Waals surface area contributed by atoms with Crippen LogP contribution in [0.5, 0.6) is 0 Å². The maximum absolute atomic E-state index is 13.1. The Hall–Kier alpha value is -1.49. The lowest BCUT2D eigenvalue weighted by Gasteiger charge is -2.35. The van der Waals surface area contributed by atoms with E-state index in [9.17, 15) is 9.59 Å². The molecule has 0 spiro atoms. The first-order valence-electron chi connectivity index (χ1n) is 9.34. The van der Waals surface area contributed by atoms with Gasteiger partial charge in [0, 0.05) is 5.75 Å². The topological polar surface area (TPSA) is 46.6 Å². The molecule has 5 heteroatoms. The van der Waals surface area contributed by atoms with Crippen molar-refractivity contribution in [2.24, 2.45) is 5.92 Å². The summed E-state index contributed by atoms with van der Waals surface area (Å²) in [4.78, 5) is 27.4. The molecule has 2 atom stereocenters. The van der Waals surface area contributed by atoms with Crippen LogP contribution in [0.2, 0.25) is 0 Å². The van der Waals surface area contributed by atoms with Gasteiger partial charge in [-0.25, -0.2) is 4.79 Å². The zero-order valence-corrected chi connectivity index (χ0v) is 15.7. The first-order valence-corrected chi connectivity index (χ1v) is 10.4. The molecule has 1 aromatic carbocycles. The van der Waals surface area contributed by atoms with Gasteiger partial charge in [0.1, 0.15) is 6.04 Å². The van der Waals surface area contributed by atoms with Crippen LogP contribution >= 0.6 is 11.8 Å². The van der Waals surface area contributed by atoms with Crippen LogP contribution in [0.4, 0.5) is 0 Å². The standard InChI is InChI=1S/C20H27NO3S/c1-2-24-20(23)17-14-25-19(16-11-7-4-8-12-16)21(17)18(22)13-15-9-5-3-6-10-15/h3,5-6,9-10,16-17,19H,2,4,7-8,11-14H2,1H3/t17-,19+/m0/s1. The van der Waals surface area contributed by atoms with Gasteiger partial charge in [-0.2, -0.15) is 0 Å². The third-order valence-electron chi connectivity index (χ3n) is 5.13. The summed E-state index contributed by atoms with van der Waals surface area (Å²) in [6.45, 7) is 2.17. The lowest BCUT2D eigenvalue weighted by atomic mass is 9.88. The fourth-order valence-corrected chi connectivity index (χ4v) is 5.55. The molecule has 1 saturated heterocycles. The minimum atomic E-state index is -0.437. The molecule has 3 rings (SSSR count). The van der Waals surface area contributed by atoms with Gasteiger partial charge in [-0.05, 0) is 31.2 Å². The molecule has 2 fully saturated rings. The van der Waals surface area contributed by atoms with Crippen molar-refractivity contribution in [3.63, 3.8) is 0 Å². The summed E-state index contributed by atoms with van der Waals surface area (Å²) < 4.78 is 5.25. The molecule has 1 aliphatic carbocycles. The number of hydrogen-bond acceptors (Lipinski definition) is 4. The highest BCUT2D eigenvalue weighted by atomic mass is 32.2. The van der Waals surface area contributed by atoms with Gasteiger partial charge >= 0.3 is 5.97 Å². The van der Waals surface area contributed by atoms with Crippen molar-refractivity contribution in [3.8, 4) is 0 Å². The number of thioether (sulfide) groups is 1. The molecule has 0 radical (unpaired) electrons. The molecule has 4 nitrogen and oxygen atoms in total. The summed E-state index contributed by atoms with van der Waals surface area (Å²) >= 11 is 1.76. The molecule has 1 aromatic rings. The Balaban J connectivity index is 1.78. The van der Waals surface area contributed by atoms with Crippen LogP contribution in [0, 0.1) is 5.92 Å². The average Bonchev–Trinajstić information content (AvgIpc) is 3.09. The first-order chi connectivity index (χ1) is 12.2. The van der Waals surface area contributed by atoms with Crippen LogP contribution in [0.15, 0.2) is 30.3 Å². The van der Waals surface area contributed by atoms with Crippen molar-refractivity contribution < 1.29 is 14.3 Å². The highest BCUT2D eigenvalue weighted by molar-refractivity contribution is 8.00. The van der Waals surface area contributed by atoms with E-state index in [1.807, 2.05) is 42.2 Å². The van der Waals surface area contributed by atoms with Gasteiger partial charge in [0.05, 0.1) is 18.4 Å². The van der Waals surface area contributed by atoms with Crippen LogP contribution in [-0.2, 0) is 20.7 Å². The number of amides is 1. The summed E-state index contributed by atoms with van der Waals surface area (Å²) in [5, 5.41) is 0.117. The molecule has 0 N–H and O–H groups in total.